The van der Waals surface area contributed by atoms with Crippen LogP contribution in [0.15, 0.2) is 18.2 Å². The molecule has 1 aromatic carbocycles. The van der Waals surface area contributed by atoms with Crippen LogP contribution in [-0.2, 0) is 6.42 Å². The lowest BCUT2D eigenvalue weighted by Crippen LogP contribution is -2.47. The average Bonchev–Trinajstić information content (AvgIpc) is 2.86. The molecule has 0 radical (unpaired) electrons. The molecule has 0 bridgehead atoms. The first kappa shape index (κ1) is 13.1. The van der Waals surface area contributed by atoms with Crippen molar-refractivity contribution < 1.29 is 9.90 Å². The van der Waals surface area contributed by atoms with Crippen molar-refractivity contribution in [1.82, 2.24) is 9.80 Å². The van der Waals surface area contributed by atoms with Gasteiger partial charge in [-0.05, 0) is 49.4 Å². The number of phenols is 1. The zero-order valence-corrected chi connectivity index (χ0v) is 12.3. The van der Waals surface area contributed by atoms with E-state index >= 15 is 0 Å². The van der Waals surface area contributed by atoms with E-state index in [0.717, 1.165) is 49.6 Å². The molecule has 112 valence electrons. The van der Waals surface area contributed by atoms with E-state index in [2.05, 4.69) is 9.80 Å². The lowest BCUT2D eigenvalue weighted by atomic mass is 9.92. The number of hydrogen-bond acceptors (Lipinski definition) is 3. The van der Waals surface area contributed by atoms with E-state index < -0.39 is 0 Å². The van der Waals surface area contributed by atoms with E-state index in [1.54, 1.807) is 18.2 Å². The number of benzene rings is 1. The molecule has 1 amide bonds. The van der Waals surface area contributed by atoms with Crippen molar-refractivity contribution >= 4 is 5.91 Å². The zero-order valence-electron chi connectivity index (χ0n) is 12.3. The maximum atomic E-state index is 12.7. The number of nitrogens with zero attached hydrogens (tertiary/aromatic N) is 2. The molecule has 4 nitrogen and oxygen atoms in total. The molecule has 0 aromatic heterocycles. The molecule has 1 N–H and O–H groups in total. The number of rotatable bonds is 2. The van der Waals surface area contributed by atoms with E-state index in [1.165, 1.54) is 19.3 Å². The van der Waals surface area contributed by atoms with Gasteiger partial charge in [0.1, 0.15) is 5.75 Å². The molecule has 1 atom stereocenters. The summed E-state index contributed by atoms with van der Waals surface area (Å²) in [6.45, 7) is 2.98. The van der Waals surface area contributed by atoms with E-state index in [9.17, 15) is 9.90 Å². The highest BCUT2D eigenvalue weighted by Crippen LogP contribution is 2.31. The van der Waals surface area contributed by atoms with Gasteiger partial charge in [-0.3, -0.25) is 9.69 Å². The molecule has 2 heterocycles. The van der Waals surface area contributed by atoms with E-state index in [-0.39, 0.29) is 11.7 Å². The number of carbonyl (C=O) groups is 1. The normalized spacial score (nSPS) is 26.8. The lowest BCUT2D eigenvalue weighted by molar-refractivity contribution is 0.0646. The van der Waals surface area contributed by atoms with Crippen LogP contribution in [0.5, 0.6) is 5.75 Å². The minimum atomic E-state index is 0.150. The summed E-state index contributed by atoms with van der Waals surface area (Å²) in [5.74, 6) is 0.406. The molecule has 1 saturated carbocycles. The Morgan fingerprint density at radius 2 is 1.95 bits per heavy atom. The Bertz CT molecular complexity index is 568. The molecule has 0 spiro atoms. The highest BCUT2D eigenvalue weighted by Gasteiger charge is 2.37. The Labute approximate surface area is 125 Å². The third-order valence-corrected chi connectivity index (χ3v) is 5.43. The molecular formula is C17H22N2O2. The number of phenolic OH excluding ortho intramolecular Hbond substituents is 1. The predicted octanol–water partition coefficient (Wildman–Crippen LogP) is 2.02. The standard InChI is InChI=1S/C17H22N2O2/c20-15-4-5-16-12(10-15)6-9-19(17(16)21)14-7-8-18(11-14)13-2-1-3-13/h4-5,10,13-14,20H,1-3,6-9,11H2. The summed E-state index contributed by atoms with van der Waals surface area (Å²) in [6.07, 6.45) is 6.00. The highest BCUT2D eigenvalue weighted by atomic mass is 16.3. The van der Waals surface area contributed by atoms with E-state index in [0.29, 0.717) is 6.04 Å². The summed E-state index contributed by atoms with van der Waals surface area (Å²) >= 11 is 0. The molecule has 1 unspecified atom stereocenters. The lowest BCUT2D eigenvalue weighted by Gasteiger charge is -2.37. The minimum Gasteiger partial charge on any atom is -0.508 e. The molecule has 2 aliphatic heterocycles. The van der Waals surface area contributed by atoms with Gasteiger partial charge in [-0.15, -0.1) is 0 Å². The van der Waals surface area contributed by atoms with Gasteiger partial charge in [0.25, 0.3) is 5.91 Å². The second-order valence-electron chi connectivity index (χ2n) is 6.61. The highest BCUT2D eigenvalue weighted by molar-refractivity contribution is 5.97. The number of fused-ring (bicyclic) bond motifs is 1. The Balaban J connectivity index is 1.49. The van der Waals surface area contributed by atoms with Crippen molar-refractivity contribution in [3.63, 3.8) is 0 Å². The van der Waals surface area contributed by atoms with Crippen LogP contribution in [0.2, 0.25) is 0 Å². The summed E-state index contributed by atoms with van der Waals surface area (Å²) in [6, 6.07) is 6.28. The summed E-state index contributed by atoms with van der Waals surface area (Å²) in [7, 11) is 0. The first-order chi connectivity index (χ1) is 10.2. The Morgan fingerprint density at radius 3 is 2.71 bits per heavy atom. The number of carbonyl (C=O) groups excluding carboxylic acids is 1. The van der Waals surface area contributed by atoms with Gasteiger partial charge in [0.05, 0.1) is 0 Å². The minimum absolute atomic E-state index is 0.150. The third-order valence-electron chi connectivity index (χ3n) is 5.43. The predicted molar refractivity (Wildman–Crippen MR) is 80.5 cm³/mol. The smallest absolute Gasteiger partial charge is 0.254 e. The van der Waals surface area contributed by atoms with Crippen molar-refractivity contribution in [1.29, 1.82) is 0 Å². The van der Waals surface area contributed by atoms with Gasteiger partial charge < -0.3 is 10.0 Å². The maximum Gasteiger partial charge on any atom is 0.254 e. The van der Waals surface area contributed by atoms with Crippen molar-refractivity contribution in [2.75, 3.05) is 19.6 Å². The van der Waals surface area contributed by atoms with Crippen LogP contribution in [0.3, 0.4) is 0 Å². The van der Waals surface area contributed by atoms with Gasteiger partial charge in [-0.1, -0.05) is 6.42 Å². The van der Waals surface area contributed by atoms with Crippen LogP contribution in [0, 0.1) is 0 Å². The van der Waals surface area contributed by atoms with Gasteiger partial charge in [0.15, 0.2) is 0 Å². The van der Waals surface area contributed by atoms with Crippen molar-refractivity contribution in [2.45, 2.75) is 44.2 Å². The molecule has 4 heteroatoms. The van der Waals surface area contributed by atoms with Crippen molar-refractivity contribution in [3.05, 3.63) is 29.3 Å². The number of amides is 1. The van der Waals surface area contributed by atoms with E-state index in [4.69, 9.17) is 0 Å². The molecule has 21 heavy (non-hydrogen) atoms. The topological polar surface area (TPSA) is 43.8 Å². The quantitative estimate of drug-likeness (QED) is 0.904. The van der Waals surface area contributed by atoms with Crippen molar-refractivity contribution in [2.24, 2.45) is 0 Å². The SMILES string of the molecule is O=C1c2ccc(O)cc2CCN1C1CCN(C2CCC2)C1. The maximum absolute atomic E-state index is 12.7. The van der Waals surface area contributed by atoms with Gasteiger partial charge in [-0.2, -0.15) is 0 Å². The first-order valence-electron chi connectivity index (χ1n) is 8.09. The molecule has 4 rings (SSSR count). The fourth-order valence-corrected chi connectivity index (χ4v) is 3.95. The number of likely N-dealkylation sites (tertiary alicyclic amines) is 1. The van der Waals surface area contributed by atoms with Crippen LogP contribution in [-0.4, -0.2) is 52.5 Å². The van der Waals surface area contributed by atoms with Crippen LogP contribution in [0.4, 0.5) is 0 Å². The fourth-order valence-electron chi connectivity index (χ4n) is 3.95. The summed E-state index contributed by atoms with van der Waals surface area (Å²) in [5.41, 5.74) is 1.77. The van der Waals surface area contributed by atoms with Crippen LogP contribution >= 0.6 is 0 Å². The fraction of sp³-hybridized carbons (Fsp3) is 0.588. The van der Waals surface area contributed by atoms with Gasteiger partial charge in [-0.25, -0.2) is 0 Å². The number of hydrogen-bond donors (Lipinski definition) is 1. The molecule has 2 fully saturated rings. The summed E-state index contributed by atoms with van der Waals surface area (Å²) in [5, 5.41) is 9.55. The Morgan fingerprint density at radius 1 is 1.10 bits per heavy atom. The monoisotopic (exact) mass is 286 g/mol. The second kappa shape index (κ2) is 5.02. The van der Waals surface area contributed by atoms with Gasteiger partial charge in [0, 0.05) is 37.3 Å². The zero-order chi connectivity index (χ0) is 14.4. The van der Waals surface area contributed by atoms with Gasteiger partial charge in [0.2, 0.25) is 0 Å². The largest absolute Gasteiger partial charge is 0.508 e. The Kier molecular flexibility index (Phi) is 3.14. The van der Waals surface area contributed by atoms with Crippen molar-refractivity contribution in [3.8, 4) is 5.75 Å². The Hall–Kier alpha value is -1.55. The van der Waals surface area contributed by atoms with Crippen LogP contribution in [0.25, 0.3) is 0 Å². The van der Waals surface area contributed by atoms with Gasteiger partial charge >= 0.3 is 0 Å². The average molecular weight is 286 g/mol. The number of aromatic hydroxyl groups is 1. The summed E-state index contributed by atoms with van der Waals surface area (Å²) in [4.78, 5) is 17.3. The molecule has 3 aliphatic rings. The van der Waals surface area contributed by atoms with Crippen LogP contribution in [0.1, 0.15) is 41.6 Å². The third kappa shape index (κ3) is 2.22. The molecule has 1 aromatic rings. The first-order valence-corrected chi connectivity index (χ1v) is 8.09. The summed E-state index contributed by atoms with van der Waals surface area (Å²) < 4.78 is 0. The molecule has 1 saturated heterocycles. The second-order valence-corrected chi connectivity index (χ2v) is 6.61. The molecule has 1 aliphatic carbocycles. The van der Waals surface area contributed by atoms with E-state index in [1.807, 2.05) is 0 Å². The molecular weight excluding hydrogens is 264 g/mol. The van der Waals surface area contributed by atoms with Crippen LogP contribution < -0.4 is 0 Å².